The van der Waals surface area contributed by atoms with Gasteiger partial charge in [-0.1, -0.05) is 29.8 Å². The Hall–Kier alpha value is -1.44. The van der Waals surface area contributed by atoms with Crippen LogP contribution >= 0.6 is 0 Å². The Morgan fingerprint density at radius 2 is 2.04 bits per heavy atom. The number of sulfonamides is 1. The van der Waals surface area contributed by atoms with Crippen molar-refractivity contribution >= 4 is 15.9 Å². The molecule has 1 N–H and O–H groups in total. The van der Waals surface area contributed by atoms with Crippen LogP contribution in [0.2, 0.25) is 0 Å². The molecule has 1 saturated heterocycles. The molecule has 1 heterocycles. The molecular weight excluding hydrogens is 340 g/mol. The monoisotopic (exact) mass is 368 g/mol. The van der Waals surface area contributed by atoms with E-state index in [0.29, 0.717) is 39.1 Å². The number of nitrogens with one attached hydrogen (secondary N) is 1. The molecule has 6 nitrogen and oxygen atoms in total. The average molecular weight is 368 g/mol. The van der Waals surface area contributed by atoms with Crippen LogP contribution < -0.4 is 5.32 Å². The van der Waals surface area contributed by atoms with Gasteiger partial charge in [-0.05, 0) is 31.7 Å². The highest BCUT2D eigenvalue weighted by Gasteiger charge is 2.30. The van der Waals surface area contributed by atoms with E-state index in [0.717, 1.165) is 17.5 Å². The minimum atomic E-state index is -3.34. The van der Waals surface area contributed by atoms with Crippen LogP contribution in [0.25, 0.3) is 0 Å². The lowest BCUT2D eigenvalue weighted by atomic mass is 9.97. The van der Waals surface area contributed by atoms with Gasteiger partial charge in [0.1, 0.15) is 0 Å². The molecule has 7 heteroatoms. The van der Waals surface area contributed by atoms with Gasteiger partial charge < -0.3 is 10.1 Å². The fourth-order valence-electron chi connectivity index (χ4n) is 3.07. The number of nitrogens with zero attached hydrogens (tertiary/aromatic N) is 1. The molecule has 1 aliphatic rings. The van der Waals surface area contributed by atoms with Crippen LogP contribution in [0.3, 0.4) is 0 Å². The molecule has 0 aliphatic carbocycles. The summed E-state index contributed by atoms with van der Waals surface area (Å²) in [6.45, 7) is 3.98. The van der Waals surface area contributed by atoms with E-state index in [-0.39, 0.29) is 17.6 Å². The lowest BCUT2D eigenvalue weighted by Gasteiger charge is -2.30. The van der Waals surface area contributed by atoms with Gasteiger partial charge in [-0.25, -0.2) is 12.7 Å². The van der Waals surface area contributed by atoms with Crippen LogP contribution in [-0.2, 0) is 25.3 Å². The molecule has 0 unspecified atom stereocenters. The van der Waals surface area contributed by atoms with E-state index in [1.807, 2.05) is 31.2 Å². The number of hydrogen-bond donors (Lipinski definition) is 1. The normalized spacial score (nSPS) is 16.7. The Balaban J connectivity index is 1.83. The van der Waals surface area contributed by atoms with Crippen molar-refractivity contribution in [3.05, 3.63) is 35.4 Å². The molecule has 1 aromatic carbocycles. The number of ether oxygens (including phenoxy) is 1. The van der Waals surface area contributed by atoms with E-state index in [4.69, 9.17) is 4.74 Å². The van der Waals surface area contributed by atoms with Gasteiger partial charge in [0.2, 0.25) is 15.9 Å². The van der Waals surface area contributed by atoms with Gasteiger partial charge in [-0.3, -0.25) is 4.79 Å². The second-order valence-electron chi connectivity index (χ2n) is 6.56. The minimum Gasteiger partial charge on any atom is -0.385 e. The Morgan fingerprint density at radius 1 is 1.32 bits per heavy atom. The first-order valence-electron chi connectivity index (χ1n) is 8.72. The number of rotatable bonds is 8. The predicted molar refractivity (Wildman–Crippen MR) is 97.6 cm³/mol. The smallest absolute Gasteiger partial charge is 0.223 e. The maximum Gasteiger partial charge on any atom is 0.223 e. The van der Waals surface area contributed by atoms with Crippen LogP contribution in [-0.4, -0.2) is 52.0 Å². The Bertz CT molecular complexity index is 667. The van der Waals surface area contributed by atoms with Crippen LogP contribution in [0.4, 0.5) is 0 Å². The standard InChI is InChI=1S/C18H28N2O4S/c1-15-5-3-6-16(13-15)14-25(22,23)20-10-7-17(8-11-20)18(21)19-9-4-12-24-2/h3,5-6,13,17H,4,7-12,14H2,1-2H3,(H,19,21). The van der Waals surface area contributed by atoms with E-state index >= 15 is 0 Å². The van der Waals surface area contributed by atoms with Gasteiger partial charge in [0.05, 0.1) is 5.75 Å². The lowest BCUT2D eigenvalue weighted by molar-refractivity contribution is -0.126. The second-order valence-corrected chi connectivity index (χ2v) is 8.52. The molecule has 2 rings (SSSR count). The van der Waals surface area contributed by atoms with E-state index in [2.05, 4.69) is 5.32 Å². The van der Waals surface area contributed by atoms with E-state index in [1.54, 1.807) is 7.11 Å². The average Bonchev–Trinajstić information content (AvgIpc) is 2.58. The number of amides is 1. The zero-order chi connectivity index (χ0) is 18.3. The fourth-order valence-corrected chi connectivity index (χ4v) is 4.62. The number of carbonyl (C=O) groups is 1. The summed E-state index contributed by atoms with van der Waals surface area (Å²) in [6, 6.07) is 7.57. The van der Waals surface area contributed by atoms with Crippen molar-refractivity contribution in [3.8, 4) is 0 Å². The van der Waals surface area contributed by atoms with Gasteiger partial charge in [0, 0.05) is 39.3 Å². The van der Waals surface area contributed by atoms with Crippen LogP contribution in [0.1, 0.15) is 30.4 Å². The summed E-state index contributed by atoms with van der Waals surface area (Å²) in [5.74, 6) is -0.0671. The summed E-state index contributed by atoms with van der Waals surface area (Å²) in [5, 5.41) is 2.90. The number of piperidine rings is 1. The van der Waals surface area contributed by atoms with Crippen molar-refractivity contribution in [2.24, 2.45) is 5.92 Å². The molecule has 0 saturated carbocycles. The molecule has 0 spiro atoms. The van der Waals surface area contributed by atoms with E-state index < -0.39 is 10.0 Å². The molecule has 0 atom stereocenters. The van der Waals surface area contributed by atoms with Crippen LogP contribution in [0.5, 0.6) is 0 Å². The van der Waals surface area contributed by atoms with Gasteiger partial charge >= 0.3 is 0 Å². The van der Waals surface area contributed by atoms with Crippen LogP contribution in [0.15, 0.2) is 24.3 Å². The maximum absolute atomic E-state index is 12.6. The summed E-state index contributed by atoms with van der Waals surface area (Å²) < 4.78 is 31.7. The summed E-state index contributed by atoms with van der Waals surface area (Å²) >= 11 is 0. The van der Waals surface area contributed by atoms with Crippen molar-refractivity contribution in [1.29, 1.82) is 0 Å². The summed E-state index contributed by atoms with van der Waals surface area (Å²) in [6.07, 6.45) is 1.93. The van der Waals surface area contributed by atoms with Crippen molar-refractivity contribution < 1.29 is 17.9 Å². The SMILES string of the molecule is COCCCNC(=O)C1CCN(S(=O)(=O)Cc2cccc(C)c2)CC1. The predicted octanol–water partition coefficient (Wildman–Crippen LogP) is 1.69. The van der Waals surface area contributed by atoms with Crippen molar-refractivity contribution in [1.82, 2.24) is 9.62 Å². The largest absolute Gasteiger partial charge is 0.385 e. The highest BCUT2D eigenvalue weighted by Crippen LogP contribution is 2.22. The second kappa shape index (κ2) is 9.31. The number of carbonyl (C=O) groups excluding carboxylic acids is 1. The van der Waals surface area contributed by atoms with Gasteiger partial charge in [-0.2, -0.15) is 0 Å². The van der Waals surface area contributed by atoms with Crippen molar-refractivity contribution in [3.63, 3.8) is 0 Å². The number of benzene rings is 1. The first kappa shape index (κ1) is 19.9. The first-order valence-corrected chi connectivity index (χ1v) is 10.3. The van der Waals surface area contributed by atoms with Gasteiger partial charge in [0.25, 0.3) is 0 Å². The minimum absolute atomic E-state index is 0.0164. The van der Waals surface area contributed by atoms with Gasteiger partial charge in [-0.15, -0.1) is 0 Å². The molecule has 25 heavy (non-hydrogen) atoms. The Labute approximate surface area is 150 Å². The molecular formula is C18H28N2O4S. The highest BCUT2D eigenvalue weighted by molar-refractivity contribution is 7.88. The number of methoxy groups -OCH3 is 1. The Kier molecular flexibility index (Phi) is 7.40. The molecule has 0 radical (unpaired) electrons. The van der Waals surface area contributed by atoms with Crippen molar-refractivity contribution in [2.45, 2.75) is 31.9 Å². The van der Waals surface area contributed by atoms with E-state index in [1.165, 1.54) is 4.31 Å². The zero-order valence-electron chi connectivity index (χ0n) is 15.0. The molecule has 0 bridgehead atoms. The van der Waals surface area contributed by atoms with Gasteiger partial charge in [0.15, 0.2) is 0 Å². The molecule has 0 aromatic heterocycles. The third-order valence-corrected chi connectivity index (χ3v) is 6.32. The molecule has 140 valence electrons. The molecule has 1 amide bonds. The van der Waals surface area contributed by atoms with E-state index in [9.17, 15) is 13.2 Å². The van der Waals surface area contributed by atoms with Crippen LogP contribution in [0, 0.1) is 12.8 Å². The maximum atomic E-state index is 12.6. The summed E-state index contributed by atoms with van der Waals surface area (Å²) in [7, 11) is -1.71. The lowest BCUT2D eigenvalue weighted by Crippen LogP contribution is -2.43. The highest BCUT2D eigenvalue weighted by atomic mass is 32.2. The molecule has 1 fully saturated rings. The zero-order valence-corrected chi connectivity index (χ0v) is 15.8. The third kappa shape index (κ3) is 6.09. The topological polar surface area (TPSA) is 75.7 Å². The quantitative estimate of drug-likeness (QED) is 0.709. The summed E-state index contributed by atoms with van der Waals surface area (Å²) in [4.78, 5) is 12.1. The van der Waals surface area contributed by atoms with Crippen molar-refractivity contribution in [2.75, 3.05) is 33.4 Å². The number of hydrogen-bond acceptors (Lipinski definition) is 4. The first-order chi connectivity index (χ1) is 11.9. The molecule has 1 aliphatic heterocycles. The summed E-state index contributed by atoms with van der Waals surface area (Å²) in [5.41, 5.74) is 1.86. The molecule has 1 aromatic rings. The third-order valence-electron chi connectivity index (χ3n) is 4.47. The number of aryl methyl sites for hydroxylation is 1. The fraction of sp³-hybridized carbons (Fsp3) is 0.611. The Morgan fingerprint density at radius 3 is 2.68 bits per heavy atom.